The molecule has 0 bridgehead atoms. The number of rotatable bonds is 12. The van der Waals surface area contributed by atoms with Crippen molar-refractivity contribution in [3.8, 4) is 0 Å². The van der Waals surface area contributed by atoms with Gasteiger partial charge in [0, 0.05) is 18.3 Å². The molecule has 0 saturated carbocycles. The fourth-order valence-corrected chi connectivity index (χ4v) is 4.44. The molecule has 204 valence electrons. The predicted octanol–water partition coefficient (Wildman–Crippen LogP) is 1.86. The lowest BCUT2D eigenvalue weighted by molar-refractivity contribution is -0.139. The van der Waals surface area contributed by atoms with Crippen LogP contribution in [0.15, 0.2) is 77.8 Å². The van der Waals surface area contributed by atoms with Gasteiger partial charge in [0.2, 0.25) is 0 Å². The maximum absolute atomic E-state index is 12.8. The van der Waals surface area contributed by atoms with Crippen molar-refractivity contribution in [3.63, 3.8) is 0 Å². The Morgan fingerprint density at radius 2 is 1.59 bits per heavy atom. The number of amides is 3. The average Bonchev–Trinajstić information content (AvgIpc) is 2.95. The van der Waals surface area contributed by atoms with Crippen LogP contribution in [0.4, 0.5) is 0 Å². The van der Waals surface area contributed by atoms with Crippen molar-refractivity contribution in [1.82, 2.24) is 20.3 Å². The van der Waals surface area contributed by atoms with Crippen molar-refractivity contribution in [1.29, 1.82) is 0 Å². The van der Waals surface area contributed by atoms with Gasteiger partial charge in [0.25, 0.3) is 27.7 Å². The van der Waals surface area contributed by atoms with Crippen molar-refractivity contribution in [3.05, 3.63) is 95.3 Å². The number of pyridine rings is 1. The van der Waals surface area contributed by atoms with Gasteiger partial charge in [-0.3, -0.25) is 24.2 Å². The van der Waals surface area contributed by atoms with Crippen LogP contribution in [0.2, 0.25) is 0 Å². The number of carbonyl (C=O) groups excluding carboxylic acids is 4. The second kappa shape index (κ2) is 13.8. The number of benzene rings is 2. The molecular formula is C27H28N4O7S. The van der Waals surface area contributed by atoms with Gasteiger partial charge < -0.3 is 15.4 Å². The van der Waals surface area contributed by atoms with Crippen LogP contribution in [0.25, 0.3) is 0 Å². The summed E-state index contributed by atoms with van der Waals surface area (Å²) in [4.78, 5) is 51.7. The second-order valence-electron chi connectivity index (χ2n) is 8.35. The number of hydrogen-bond acceptors (Lipinski definition) is 8. The van der Waals surface area contributed by atoms with Crippen LogP contribution in [0.5, 0.6) is 0 Å². The van der Waals surface area contributed by atoms with Crippen LogP contribution >= 0.6 is 0 Å². The van der Waals surface area contributed by atoms with Crippen LogP contribution in [-0.4, -0.2) is 57.3 Å². The number of esters is 1. The fraction of sp³-hybridized carbons (Fsp3) is 0.222. The molecule has 3 amide bonds. The molecule has 12 heteroatoms. The molecule has 0 aliphatic heterocycles. The van der Waals surface area contributed by atoms with E-state index in [9.17, 15) is 27.6 Å². The Hall–Kier alpha value is -4.58. The lowest BCUT2D eigenvalue weighted by Crippen LogP contribution is -2.32. The number of nitrogens with zero attached hydrogens (tertiary/aromatic N) is 1. The molecule has 0 saturated heterocycles. The third-order valence-corrected chi connectivity index (χ3v) is 6.86. The van der Waals surface area contributed by atoms with Crippen LogP contribution in [0.3, 0.4) is 0 Å². The topological polar surface area (TPSA) is 161 Å². The Labute approximate surface area is 226 Å². The number of carbonyl (C=O) groups is 4. The monoisotopic (exact) mass is 552 g/mol. The summed E-state index contributed by atoms with van der Waals surface area (Å²) in [5, 5.41) is 5.07. The van der Waals surface area contributed by atoms with Gasteiger partial charge in [-0.05, 0) is 55.2 Å². The van der Waals surface area contributed by atoms with E-state index in [0.717, 1.165) is 25.5 Å². The van der Waals surface area contributed by atoms with Crippen LogP contribution in [-0.2, 0) is 26.0 Å². The summed E-state index contributed by atoms with van der Waals surface area (Å²) in [5.74, 6) is -2.73. The summed E-state index contributed by atoms with van der Waals surface area (Å²) >= 11 is 0. The van der Waals surface area contributed by atoms with Gasteiger partial charge in [0.1, 0.15) is 12.2 Å². The lowest BCUT2D eigenvalue weighted by atomic mass is 10.1. The summed E-state index contributed by atoms with van der Waals surface area (Å²) < 4.78 is 31.9. The van der Waals surface area contributed by atoms with E-state index in [2.05, 4.69) is 20.4 Å². The standard InChI is InChI=1S/C27H28N4O7S/c1-38-24(32)18-30-27(35)23-14-13-21(17-29-23)26(34)31-39(36,37)22-12-7-11-20(16-22)25(33)28-15-6-5-10-19-8-3-2-4-9-19/h2-4,7-9,11-14,16-17H,5-6,10,15,18H2,1H3,(H,28,33)(H,30,35)(H,31,34). The number of hydrogen-bond donors (Lipinski definition) is 3. The number of nitrogens with one attached hydrogen (secondary N) is 3. The van der Waals surface area contributed by atoms with Crippen molar-refractivity contribution in [2.75, 3.05) is 20.2 Å². The number of unbranched alkanes of at least 4 members (excludes halogenated alkanes) is 1. The van der Waals surface area contributed by atoms with Gasteiger partial charge in [0.05, 0.1) is 17.6 Å². The molecule has 1 aromatic heterocycles. The van der Waals surface area contributed by atoms with E-state index < -0.39 is 33.7 Å². The van der Waals surface area contributed by atoms with Crippen molar-refractivity contribution in [2.24, 2.45) is 0 Å². The molecule has 39 heavy (non-hydrogen) atoms. The zero-order chi connectivity index (χ0) is 28.3. The molecular weight excluding hydrogens is 524 g/mol. The summed E-state index contributed by atoms with van der Waals surface area (Å²) in [6.45, 7) is 0.0753. The van der Waals surface area contributed by atoms with Gasteiger partial charge in [-0.25, -0.2) is 13.1 Å². The first-order valence-corrected chi connectivity index (χ1v) is 13.5. The first-order chi connectivity index (χ1) is 18.7. The molecule has 0 unspecified atom stereocenters. The molecule has 0 atom stereocenters. The van der Waals surface area contributed by atoms with Gasteiger partial charge in [-0.15, -0.1) is 0 Å². The largest absolute Gasteiger partial charge is 0.468 e. The molecule has 11 nitrogen and oxygen atoms in total. The number of sulfonamides is 1. The molecule has 2 aromatic carbocycles. The van der Waals surface area contributed by atoms with Gasteiger partial charge in [-0.2, -0.15) is 0 Å². The first-order valence-electron chi connectivity index (χ1n) is 12.0. The van der Waals surface area contributed by atoms with Crippen molar-refractivity contribution in [2.45, 2.75) is 24.2 Å². The minimum absolute atomic E-state index is 0.0860. The minimum Gasteiger partial charge on any atom is -0.468 e. The zero-order valence-electron chi connectivity index (χ0n) is 21.2. The van der Waals surface area contributed by atoms with E-state index in [1.807, 2.05) is 35.1 Å². The number of methoxy groups -OCH3 is 1. The maximum Gasteiger partial charge on any atom is 0.325 e. The third-order valence-electron chi connectivity index (χ3n) is 5.53. The molecule has 1 heterocycles. The Kier molecular flexibility index (Phi) is 10.3. The maximum atomic E-state index is 12.8. The number of aromatic nitrogens is 1. The second-order valence-corrected chi connectivity index (χ2v) is 10.0. The highest BCUT2D eigenvalue weighted by molar-refractivity contribution is 7.90. The smallest absolute Gasteiger partial charge is 0.325 e. The van der Waals surface area contributed by atoms with Crippen molar-refractivity contribution < 1.29 is 32.3 Å². The zero-order valence-corrected chi connectivity index (χ0v) is 22.0. The fourth-order valence-electron chi connectivity index (χ4n) is 3.42. The van der Waals surface area contributed by atoms with E-state index in [-0.39, 0.29) is 28.3 Å². The van der Waals surface area contributed by atoms with Crippen molar-refractivity contribution >= 4 is 33.7 Å². The minimum atomic E-state index is -4.31. The Morgan fingerprint density at radius 3 is 2.28 bits per heavy atom. The van der Waals surface area contributed by atoms with E-state index in [4.69, 9.17) is 0 Å². The van der Waals surface area contributed by atoms with Crippen LogP contribution in [0, 0.1) is 0 Å². The highest BCUT2D eigenvalue weighted by Crippen LogP contribution is 2.13. The van der Waals surface area contributed by atoms with Gasteiger partial charge in [0.15, 0.2) is 0 Å². The number of ether oxygens (including phenoxy) is 1. The molecule has 3 rings (SSSR count). The highest BCUT2D eigenvalue weighted by atomic mass is 32.2. The first kappa shape index (κ1) is 29.0. The van der Waals surface area contributed by atoms with E-state index in [1.165, 1.54) is 49.1 Å². The molecule has 0 aliphatic carbocycles. The Morgan fingerprint density at radius 1 is 0.821 bits per heavy atom. The van der Waals surface area contributed by atoms with E-state index in [1.54, 1.807) is 0 Å². The summed E-state index contributed by atoms with van der Waals surface area (Å²) in [5.41, 5.74) is 1.15. The molecule has 3 N–H and O–H groups in total. The van der Waals surface area contributed by atoms with Crippen LogP contribution < -0.4 is 15.4 Å². The summed E-state index contributed by atoms with van der Waals surface area (Å²) in [6, 6.07) is 17.8. The normalized spacial score (nSPS) is 10.8. The van der Waals surface area contributed by atoms with Gasteiger partial charge in [-0.1, -0.05) is 36.4 Å². The molecule has 0 fully saturated rings. The van der Waals surface area contributed by atoms with Gasteiger partial charge >= 0.3 is 5.97 Å². The summed E-state index contributed by atoms with van der Waals surface area (Å²) in [7, 11) is -3.13. The Bertz CT molecular complexity index is 1430. The number of aryl methyl sites for hydroxylation is 1. The van der Waals surface area contributed by atoms with E-state index >= 15 is 0 Å². The third kappa shape index (κ3) is 8.75. The molecule has 0 aliphatic rings. The predicted molar refractivity (Wildman–Crippen MR) is 141 cm³/mol. The Balaban J connectivity index is 1.54. The lowest BCUT2D eigenvalue weighted by Gasteiger charge is -2.10. The molecule has 0 spiro atoms. The molecule has 3 aromatic rings. The molecule has 0 radical (unpaired) electrons. The highest BCUT2D eigenvalue weighted by Gasteiger charge is 2.21. The SMILES string of the molecule is COC(=O)CNC(=O)c1ccc(C(=O)NS(=O)(=O)c2cccc(C(=O)NCCCCc3ccccc3)c2)cn1. The summed E-state index contributed by atoms with van der Waals surface area (Å²) in [6.07, 6.45) is 3.57. The average molecular weight is 553 g/mol. The quantitative estimate of drug-likeness (QED) is 0.227. The van der Waals surface area contributed by atoms with E-state index in [0.29, 0.717) is 6.54 Å². The van der Waals surface area contributed by atoms with Crippen LogP contribution in [0.1, 0.15) is 49.6 Å².